The van der Waals surface area contributed by atoms with Crippen molar-refractivity contribution >= 4 is 5.91 Å². The molecule has 1 aliphatic heterocycles. The molecule has 0 N–H and O–H groups in total. The van der Waals surface area contributed by atoms with E-state index in [1.54, 1.807) is 6.92 Å². The van der Waals surface area contributed by atoms with Crippen molar-refractivity contribution in [3.05, 3.63) is 53.2 Å². The van der Waals surface area contributed by atoms with Crippen LogP contribution in [0.15, 0.2) is 34.7 Å². The van der Waals surface area contributed by atoms with Gasteiger partial charge in [-0.1, -0.05) is 30.3 Å². The average molecular weight is 299 g/mol. The van der Waals surface area contributed by atoms with Crippen molar-refractivity contribution in [2.24, 2.45) is 0 Å². The summed E-state index contributed by atoms with van der Waals surface area (Å²) < 4.78 is 5.44. The number of hydrogen-bond donors (Lipinski definition) is 0. The highest BCUT2D eigenvalue weighted by molar-refractivity contribution is 5.92. The Balaban J connectivity index is 1.57. The lowest BCUT2D eigenvalue weighted by atomic mass is 10.2. The molecule has 1 fully saturated rings. The number of nitrogens with zero attached hydrogens (tertiary/aromatic N) is 3. The van der Waals surface area contributed by atoms with E-state index in [1.165, 1.54) is 5.56 Å². The van der Waals surface area contributed by atoms with E-state index in [-0.39, 0.29) is 5.91 Å². The van der Waals surface area contributed by atoms with Crippen LogP contribution in [0.4, 0.5) is 0 Å². The fourth-order valence-electron chi connectivity index (χ4n) is 2.82. The van der Waals surface area contributed by atoms with Gasteiger partial charge in [-0.2, -0.15) is 0 Å². The molecule has 5 nitrogen and oxygen atoms in total. The fourth-order valence-corrected chi connectivity index (χ4v) is 2.82. The quantitative estimate of drug-likeness (QED) is 0.872. The van der Waals surface area contributed by atoms with Gasteiger partial charge in [-0.25, -0.2) is 4.98 Å². The number of oxazole rings is 1. The first kappa shape index (κ1) is 14.8. The van der Waals surface area contributed by atoms with Crippen LogP contribution in [0, 0.1) is 13.8 Å². The maximum atomic E-state index is 12.5. The van der Waals surface area contributed by atoms with Crippen LogP contribution < -0.4 is 0 Å². The topological polar surface area (TPSA) is 49.6 Å². The molecule has 0 radical (unpaired) electrons. The first-order chi connectivity index (χ1) is 10.6. The molecule has 0 spiro atoms. The van der Waals surface area contributed by atoms with Gasteiger partial charge in [-0.3, -0.25) is 9.69 Å². The van der Waals surface area contributed by atoms with E-state index in [0.717, 1.165) is 32.7 Å². The summed E-state index contributed by atoms with van der Waals surface area (Å²) in [6.07, 6.45) is 0. The van der Waals surface area contributed by atoms with Crippen molar-refractivity contribution in [1.29, 1.82) is 0 Å². The molecule has 5 heteroatoms. The largest absolute Gasteiger partial charge is 0.436 e. The van der Waals surface area contributed by atoms with Gasteiger partial charge < -0.3 is 9.32 Å². The molecule has 116 valence electrons. The number of piperazine rings is 1. The molecule has 0 aliphatic carbocycles. The average Bonchev–Trinajstić information content (AvgIpc) is 2.87. The first-order valence-electron chi connectivity index (χ1n) is 7.63. The van der Waals surface area contributed by atoms with Gasteiger partial charge in [0.25, 0.3) is 5.91 Å². The van der Waals surface area contributed by atoms with Crippen LogP contribution in [0.25, 0.3) is 0 Å². The van der Waals surface area contributed by atoms with Crippen LogP contribution in [-0.2, 0) is 6.54 Å². The Hall–Kier alpha value is -2.14. The van der Waals surface area contributed by atoms with Crippen molar-refractivity contribution in [2.45, 2.75) is 20.4 Å². The molecule has 2 aromatic rings. The summed E-state index contributed by atoms with van der Waals surface area (Å²) in [5, 5.41) is 0. The number of carbonyl (C=O) groups excluding carboxylic acids is 1. The van der Waals surface area contributed by atoms with Crippen LogP contribution in [0.5, 0.6) is 0 Å². The van der Waals surface area contributed by atoms with Gasteiger partial charge in [-0.15, -0.1) is 0 Å². The molecule has 3 rings (SSSR count). The van der Waals surface area contributed by atoms with Crippen LogP contribution in [0.1, 0.15) is 27.7 Å². The van der Waals surface area contributed by atoms with Gasteiger partial charge >= 0.3 is 0 Å². The molecule has 0 atom stereocenters. The summed E-state index contributed by atoms with van der Waals surface area (Å²) in [6.45, 7) is 7.73. The fraction of sp³-hybridized carbons (Fsp3) is 0.412. The predicted octanol–water partition coefficient (Wildman–Crippen LogP) is 2.25. The molecular formula is C17H21N3O2. The molecule has 22 heavy (non-hydrogen) atoms. The standard InChI is InChI=1S/C17H21N3O2/c1-13-16(22-14(2)18-13)17(21)20-10-8-19(9-11-20)12-15-6-4-3-5-7-15/h3-7H,8-12H2,1-2H3. The Morgan fingerprint density at radius 3 is 2.41 bits per heavy atom. The van der Waals surface area contributed by atoms with Crippen molar-refractivity contribution in [3.63, 3.8) is 0 Å². The zero-order chi connectivity index (χ0) is 15.5. The normalized spacial score (nSPS) is 16.0. The van der Waals surface area contributed by atoms with Crippen molar-refractivity contribution in [1.82, 2.24) is 14.8 Å². The zero-order valence-corrected chi connectivity index (χ0v) is 13.1. The monoisotopic (exact) mass is 299 g/mol. The second kappa shape index (κ2) is 6.32. The van der Waals surface area contributed by atoms with Crippen LogP contribution in [0.2, 0.25) is 0 Å². The lowest BCUT2D eigenvalue weighted by Gasteiger charge is -2.34. The summed E-state index contributed by atoms with van der Waals surface area (Å²) in [5.74, 6) is 0.884. The number of aryl methyl sites for hydroxylation is 2. The van der Waals surface area contributed by atoms with E-state index in [0.29, 0.717) is 17.3 Å². The van der Waals surface area contributed by atoms with Crippen LogP contribution in [-0.4, -0.2) is 46.9 Å². The molecule has 1 aromatic heterocycles. The zero-order valence-electron chi connectivity index (χ0n) is 13.1. The third-order valence-electron chi connectivity index (χ3n) is 4.01. The Morgan fingerprint density at radius 1 is 1.14 bits per heavy atom. The van der Waals surface area contributed by atoms with E-state index in [4.69, 9.17) is 4.42 Å². The lowest BCUT2D eigenvalue weighted by molar-refractivity contribution is 0.0595. The molecule has 1 aliphatic rings. The number of amides is 1. The molecule has 1 saturated heterocycles. The van der Waals surface area contributed by atoms with Gasteiger partial charge in [-0.05, 0) is 12.5 Å². The Labute approximate surface area is 130 Å². The molecule has 1 amide bonds. The maximum absolute atomic E-state index is 12.5. The van der Waals surface area contributed by atoms with E-state index < -0.39 is 0 Å². The Kier molecular flexibility index (Phi) is 4.24. The van der Waals surface area contributed by atoms with Gasteiger partial charge in [0.15, 0.2) is 5.89 Å². The minimum absolute atomic E-state index is 0.0440. The highest BCUT2D eigenvalue weighted by atomic mass is 16.4. The lowest BCUT2D eigenvalue weighted by Crippen LogP contribution is -2.48. The first-order valence-corrected chi connectivity index (χ1v) is 7.63. The Morgan fingerprint density at radius 2 is 1.82 bits per heavy atom. The van der Waals surface area contributed by atoms with E-state index >= 15 is 0 Å². The molecule has 0 saturated carbocycles. The number of aromatic nitrogens is 1. The number of rotatable bonds is 3. The number of carbonyl (C=O) groups is 1. The predicted molar refractivity (Wildman–Crippen MR) is 83.6 cm³/mol. The summed E-state index contributed by atoms with van der Waals surface area (Å²) in [4.78, 5) is 20.9. The van der Waals surface area contributed by atoms with Crippen molar-refractivity contribution in [2.75, 3.05) is 26.2 Å². The minimum Gasteiger partial charge on any atom is -0.436 e. The second-order valence-electron chi connectivity index (χ2n) is 5.70. The molecule has 0 unspecified atom stereocenters. The highest BCUT2D eigenvalue weighted by Crippen LogP contribution is 2.15. The Bertz CT molecular complexity index is 643. The SMILES string of the molecule is Cc1nc(C)c(C(=O)N2CCN(Cc3ccccc3)CC2)o1. The molecule has 1 aromatic carbocycles. The summed E-state index contributed by atoms with van der Waals surface area (Å²) >= 11 is 0. The summed E-state index contributed by atoms with van der Waals surface area (Å²) in [5.41, 5.74) is 1.98. The van der Waals surface area contributed by atoms with E-state index in [9.17, 15) is 4.79 Å². The smallest absolute Gasteiger partial charge is 0.291 e. The van der Waals surface area contributed by atoms with Crippen LogP contribution in [0.3, 0.4) is 0 Å². The van der Waals surface area contributed by atoms with Crippen molar-refractivity contribution in [3.8, 4) is 0 Å². The highest BCUT2D eigenvalue weighted by Gasteiger charge is 2.26. The second-order valence-corrected chi connectivity index (χ2v) is 5.70. The molecule has 0 bridgehead atoms. The van der Waals surface area contributed by atoms with Crippen LogP contribution >= 0.6 is 0 Å². The van der Waals surface area contributed by atoms with E-state index in [2.05, 4.69) is 34.1 Å². The maximum Gasteiger partial charge on any atom is 0.291 e. The van der Waals surface area contributed by atoms with Gasteiger partial charge in [0.2, 0.25) is 5.76 Å². The molecular weight excluding hydrogens is 278 g/mol. The van der Waals surface area contributed by atoms with Gasteiger partial charge in [0.1, 0.15) is 0 Å². The third kappa shape index (κ3) is 3.20. The van der Waals surface area contributed by atoms with Gasteiger partial charge in [0.05, 0.1) is 5.69 Å². The van der Waals surface area contributed by atoms with E-state index in [1.807, 2.05) is 17.9 Å². The number of hydrogen-bond acceptors (Lipinski definition) is 4. The summed E-state index contributed by atoms with van der Waals surface area (Å²) in [6, 6.07) is 10.4. The molecule has 2 heterocycles. The third-order valence-corrected chi connectivity index (χ3v) is 4.01. The van der Waals surface area contributed by atoms with Crippen molar-refractivity contribution < 1.29 is 9.21 Å². The number of benzene rings is 1. The summed E-state index contributed by atoms with van der Waals surface area (Å²) in [7, 11) is 0. The van der Waals surface area contributed by atoms with Gasteiger partial charge in [0, 0.05) is 39.6 Å². The minimum atomic E-state index is -0.0440.